The number of carbonyl (C=O) groups is 2. The van der Waals surface area contributed by atoms with Crippen molar-refractivity contribution in [2.24, 2.45) is 5.92 Å². The van der Waals surface area contributed by atoms with Crippen LogP contribution in [0.3, 0.4) is 0 Å². The second-order valence-corrected chi connectivity index (χ2v) is 7.66. The molecule has 2 fully saturated rings. The normalized spacial score (nSPS) is 22.1. The third-order valence-electron chi connectivity index (χ3n) is 5.48. The summed E-state index contributed by atoms with van der Waals surface area (Å²) in [5.74, 6) is -0.124. The first-order valence-electron chi connectivity index (χ1n) is 9.71. The number of nitro groups is 1. The fraction of sp³-hybridized carbons (Fsp3) is 0.579. The van der Waals surface area contributed by atoms with Gasteiger partial charge in [0.2, 0.25) is 5.91 Å². The topological polar surface area (TPSA) is 131 Å². The first-order chi connectivity index (χ1) is 13.4. The van der Waals surface area contributed by atoms with Gasteiger partial charge in [-0.05, 0) is 56.7 Å². The summed E-state index contributed by atoms with van der Waals surface area (Å²) in [5, 5.41) is 17.3. The molecular formula is C19H27N5O4. The molecule has 0 bridgehead atoms. The molecule has 2 atom stereocenters. The SMILES string of the molecule is Cc1cc(C(=O)N2CCCC(CNC(=O)C3CCCN3)C2)c(N)c([N+](=O)[O-])c1. The number of nitrogens with zero attached hydrogens (tertiary/aromatic N) is 2. The molecule has 2 heterocycles. The van der Waals surface area contributed by atoms with Crippen LogP contribution in [0.15, 0.2) is 12.1 Å². The quantitative estimate of drug-likeness (QED) is 0.394. The Bertz CT molecular complexity index is 776. The van der Waals surface area contributed by atoms with Gasteiger partial charge in [0.1, 0.15) is 5.69 Å². The van der Waals surface area contributed by atoms with Gasteiger partial charge in [0, 0.05) is 25.7 Å². The van der Waals surface area contributed by atoms with Crippen LogP contribution in [-0.4, -0.2) is 53.9 Å². The van der Waals surface area contributed by atoms with Crippen LogP contribution in [0.2, 0.25) is 0 Å². The van der Waals surface area contributed by atoms with E-state index in [4.69, 9.17) is 5.73 Å². The lowest BCUT2D eigenvalue weighted by Crippen LogP contribution is -2.46. The Kier molecular flexibility index (Phi) is 6.13. The highest BCUT2D eigenvalue weighted by molar-refractivity contribution is 6.01. The summed E-state index contributed by atoms with van der Waals surface area (Å²) in [5.41, 5.74) is 6.37. The van der Waals surface area contributed by atoms with E-state index in [1.807, 2.05) is 0 Å². The highest BCUT2D eigenvalue weighted by Crippen LogP contribution is 2.29. The number of anilines is 1. The van der Waals surface area contributed by atoms with Gasteiger partial charge in [-0.2, -0.15) is 0 Å². The van der Waals surface area contributed by atoms with Crippen LogP contribution in [0.25, 0.3) is 0 Å². The van der Waals surface area contributed by atoms with E-state index >= 15 is 0 Å². The molecule has 4 N–H and O–H groups in total. The molecule has 3 rings (SSSR count). The lowest BCUT2D eigenvalue weighted by atomic mass is 9.96. The fourth-order valence-corrected chi connectivity index (χ4v) is 3.97. The fourth-order valence-electron chi connectivity index (χ4n) is 3.97. The number of hydrogen-bond acceptors (Lipinski definition) is 6. The van der Waals surface area contributed by atoms with Gasteiger partial charge in [-0.3, -0.25) is 19.7 Å². The Morgan fingerprint density at radius 2 is 2.14 bits per heavy atom. The smallest absolute Gasteiger partial charge is 0.293 e. The van der Waals surface area contributed by atoms with Crippen molar-refractivity contribution in [1.82, 2.24) is 15.5 Å². The third kappa shape index (κ3) is 4.41. The van der Waals surface area contributed by atoms with E-state index in [0.29, 0.717) is 25.2 Å². The monoisotopic (exact) mass is 389 g/mol. The second kappa shape index (κ2) is 8.55. The molecule has 0 aliphatic carbocycles. The molecule has 28 heavy (non-hydrogen) atoms. The van der Waals surface area contributed by atoms with Crippen molar-refractivity contribution in [3.8, 4) is 0 Å². The third-order valence-corrected chi connectivity index (χ3v) is 5.48. The average Bonchev–Trinajstić information content (AvgIpc) is 3.22. The van der Waals surface area contributed by atoms with Crippen LogP contribution in [0.4, 0.5) is 11.4 Å². The molecule has 2 aliphatic rings. The predicted octanol–water partition coefficient (Wildman–Crippen LogP) is 1.21. The van der Waals surface area contributed by atoms with E-state index in [-0.39, 0.29) is 40.7 Å². The number of hydrogen-bond donors (Lipinski definition) is 3. The van der Waals surface area contributed by atoms with Crippen molar-refractivity contribution in [3.63, 3.8) is 0 Å². The summed E-state index contributed by atoms with van der Waals surface area (Å²) >= 11 is 0. The van der Waals surface area contributed by atoms with Gasteiger partial charge in [-0.25, -0.2) is 0 Å². The minimum Gasteiger partial charge on any atom is -0.393 e. The van der Waals surface area contributed by atoms with Crippen LogP contribution in [0.5, 0.6) is 0 Å². The summed E-state index contributed by atoms with van der Waals surface area (Å²) in [4.78, 5) is 37.4. The van der Waals surface area contributed by atoms with Crippen molar-refractivity contribution in [1.29, 1.82) is 0 Å². The second-order valence-electron chi connectivity index (χ2n) is 7.66. The molecule has 2 unspecified atom stereocenters. The Hall–Kier alpha value is -2.68. The first kappa shape index (κ1) is 20.1. The van der Waals surface area contributed by atoms with Gasteiger partial charge in [-0.15, -0.1) is 0 Å². The van der Waals surface area contributed by atoms with Gasteiger partial charge in [0.25, 0.3) is 11.6 Å². The largest absolute Gasteiger partial charge is 0.393 e. The molecule has 152 valence electrons. The Morgan fingerprint density at radius 3 is 2.82 bits per heavy atom. The molecule has 0 spiro atoms. The number of piperidine rings is 1. The Balaban J connectivity index is 1.64. The number of nitrogens with one attached hydrogen (secondary N) is 2. The molecule has 2 amide bonds. The zero-order valence-electron chi connectivity index (χ0n) is 16.1. The molecule has 0 saturated carbocycles. The summed E-state index contributed by atoms with van der Waals surface area (Å²) in [6, 6.07) is 2.86. The number of nitrogens with two attached hydrogens (primary N) is 1. The summed E-state index contributed by atoms with van der Waals surface area (Å²) in [7, 11) is 0. The maximum absolute atomic E-state index is 13.0. The van der Waals surface area contributed by atoms with Crippen molar-refractivity contribution < 1.29 is 14.5 Å². The van der Waals surface area contributed by atoms with Crippen molar-refractivity contribution in [2.75, 3.05) is 31.9 Å². The van der Waals surface area contributed by atoms with Crippen molar-refractivity contribution in [3.05, 3.63) is 33.4 Å². The van der Waals surface area contributed by atoms with Gasteiger partial charge >= 0.3 is 0 Å². The van der Waals surface area contributed by atoms with Gasteiger partial charge in [-0.1, -0.05) is 0 Å². The number of rotatable bonds is 5. The van der Waals surface area contributed by atoms with Crippen LogP contribution in [-0.2, 0) is 4.79 Å². The van der Waals surface area contributed by atoms with E-state index in [2.05, 4.69) is 10.6 Å². The molecule has 0 radical (unpaired) electrons. The number of benzene rings is 1. The maximum atomic E-state index is 13.0. The standard InChI is InChI=1S/C19H27N5O4/c1-12-8-14(17(20)16(9-12)24(27)28)19(26)23-7-3-4-13(11-23)10-22-18(25)15-5-2-6-21-15/h8-9,13,15,21H,2-7,10-11,20H2,1H3,(H,22,25). The van der Waals surface area contributed by atoms with Gasteiger partial charge in [0.15, 0.2) is 0 Å². The van der Waals surface area contributed by atoms with Crippen molar-refractivity contribution in [2.45, 2.75) is 38.6 Å². The van der Waals surface area contributed by atoms with E-state index in [0.717, 1.165) is 32.2 Å². The molecule has 1 aromatic carbocycles. The summed E-state index contributed by atoms with van der Waals surface area (Å²) in [6.45, 7) is 4.17. The molecule has 2 saturated heterocycles. The lowest BCUT2D eigenvalue weighted by Gasteiger charge is -2.33. The number of amides is 2. The van der Waals surface area contributed by atoms with Gasteiger partial charge < -0.3 is 21.3 Å². The van der Waals surface area contributed by atoms with Crippen LogP contribution >= 0.6 is 0 Å². The summed E-state index contributed by atoms with van der Waals surface area (Å²) < 4.78 is 0. The van der Waals surface area contributed by atoms with Crippen molar-refractivity contribution >= 4 is 23.2 Å². The predicted molar refractivity (Wildman–Crippen MR) is 105 cm³/mol. The van der Waals surface area contributed by atoms with E-state index in [9.17, 15) is 19.7 Å². The number of nitrogen functional groups attached to an aromatic ring is 1. The molecule has 1 aromatic rings. The number of likely N-dealkylation sites (tertiary alicyclic amines) is 1. The average molecular weight is 389 g/mol. The number of aryl methyl sites for hydroxylation is 1. The van der Waals surface area contributed by atoms with Crippen LogP contribution < -0.4 is 16.4 Å². The minimum absolute atomic E-state index is 0.0134. The van der Waals surface area contributed by atoms with Gasteiger partial charge in [0.05, 0.1) is 16.5 Å². The Labute approximate surface area is 163 Å². The molecule has 2 aliphatic heterocycles. The minimum atomic E-state index is -0.565. The molecular weight excluding hydrogens is 362 g/mol. The number of nitro benzene ring substituents is 1. The van der Waals surface area contributed by atoms with E-state index in [1.165, 1.54) is 6.07 Å². The molecule has 9 nitrogen and oxygen atoms in total. The zero-order valence-corrected chi connectivity index (χ0v) is 16.1. The maximum Gasteiger partial charge on any atom is 0.293 e. The number of carbonyl (C=O) groups excluding carboxylic acids is 2. The van der Waals surface area contributed by atoms with Crippen LogP contribution in [0.1, 0.15) is 41.6 Å². The van der Waals surface area contributed by atoms with E-state index in [1.54, 1.807) is 17.9 Å². The highest BCUT2D eigenvalue weighted by Gasteiger charge is 2.29. The summed E-state index contributed by atoms with van der Waals surface area (Å²) in [6.07, 6.45) is 3.60. The lowest BCUT2D eigenvalue weighted by molar-refractivity contribution is -0.384. The molecule has 0 aromatic heterocycles. The first-order valence-corrected chi connectivity index (χ1v) is 9.71. The zero-order chi connectivity index (χ0) is 20.3. The highest BCUT2D eigenvalue weighted by atomic mass is 16.6. The van der Waals surface area contributed by atoms with Crippen LogP contribution in [0, 0.1) is 23.0 Å². The Morgan fingerprint density at radius 1 is 1.36 bits per heavy atom. The van der Waals surface area contributed by atoms with E-state index < -0.39 is 4.92 Å². The molecule has 9 heteroatoms.